The maximum absolute atomic E-state index is 12.9. The van der Waals surface area contributed by atoms with Gasteiger partial charge in [0.25, 0.3) is 0 Å². The van der Waals surface area contributed by atoms with E-state index >= 15 is 0 Å². The summed E-state index contributed by atoms with van der Waals surface area (Å²) in [5, 5.41) is 6.85. The second-order valence-corrected chi connectivity index (χ2v) is 6.22. The topological polar surface area (TPSA) is 59.6 Å². The van der Waals surface area contributed by atoms with Crippen LogP contribution in [0.5, 0.6) is 11.5 Å². The Morgan fingerprint density at radius 2 is 1.83 bits per heavy atom. The molecule has 0 amide bonds. The highest BCUT2D eigenvalue weighted by Gasteiger charge is 2.39. The Hall–Kier alpha value is -2.86. The molecule has 2 aromatic carbocycles. The highest BCUT2D eigenvalue weighted by molar-refractivity contribution is 7.80. The molecule has 0 radical (unpaired) electrons. The van der Waals surface area contributed by atoms with Crippen LogP contribution < -0.4 is 20.1 Å². The molecular formula is C18H12N2O3S. The van der Waals surface area contributed by atoms with Crippen LogP contribution in [0.15, 0.2) is 48.0 Å². The number of benzene rings is 2. The van der Waals surface area contributed by atoms with Crippen LogP contribution in [0.3, 0.4) is 0 Å². The highest BCUT2D eigenvalue weighted by atomic mass is 32.1. The van der Waals surface area contributed by atoms with Crippen LogP contribution in [0.25, 0.3) is 5.70 Å². The zero-order valence-corrected chi connectivity index (χ0v) is 13.3. The first-order valence-electron chi connectivity index (χ1n) is 7.58. The van der Waals surface area contributed by atoms with E-state index in [1.165, 1.54) is 0 Å². The molecule has 0 fully saturated rings. The van der Waals surface area contributed by atoms with E-state index in [-0.39, 0.29) is 18.6 Å². The standard InChI is InChI=1S/C18H12N2O3S/c21-17-11-4-2-1-3-10(11)16-14(17)15(19-18(24)20-16)9-5-6-12-13(7-9)23-8-22-12/h1-7,15H,8H2,(H2,19,20,24)/t15-/m0/s1. The van der Waals surface area contributed by atoms with Crippen molar-refractivity contribution in [2.75, 3.05) is 6.79 Å². The molecule has 0 spiro atoms. The smallest absolute Gasteiger partial charge is 0.231 e. The van der Waals surface area contributed by atoms with E-state index in [2.05, 4.69) is 10.6 Å². The van der Waals surface area contributed by atoms with Crippen molar-refractivity contribution in [2.24, 2.45) is 0 Å². The number of Topliss-reactive ketones (excluding diaryl/α,β-unsaturated/α-hetero) is 1. The fourth-order valence-corrected chi connectivity index (χ4v) is 3.63. The Bertz CT molecular complexity index is 951. The minimum Gasteiger partial charge on any atom is -0.454 e. The first kappa shape index (κ1) is 13.6. The Morgan fingerprint density at radius 1 is 1.04 bits per heavy atom. The minimum absolute atomic E-state index is 0.0192. The van der Waals surface area contributed by atoms with E-state index in [1.807, 2.05) is 42.5 Å². The number of carbonyl (C=O) groups is 1. The van der Waals surface area contributed by atoms with Crippen molar-refractivity contribution in [3.05, 3.63) is 64.7 Å². The van der Waals surface area contributed by atoms with E-state index < -0.39 is 0 Å². The van der Waals surface area contributed by atoms with Crippen molar-refractivity contribution in [1.82, 2.24) is 10.6 Å². The minimum atomic E-state index is -0.317. The van der Waals surface area contributed by atoms with Gasteiger partial charge in [0, 0.05) is 11.1 Å². The van der Waals surface area contributed by atoms with Crippen molar-refractivity contribution in [2.45, 2.75) is 6.04 Å². The molecule has 5 rings (SSSR count). The molecule has 5 nitrogen and oxygen atoms in total. The van der Waals surface area contributed by atoms with Crippen molar-refractivity contribution in [3.8, 4) is 11.5 Å². The number of nitrogens with one attached hydrogen (secondary N) is 2. The number of rotatable bonds is 1. The third-order valence-corrected chi connectivity index (χ3v) is 4.71. The van der Waals surface area contributed by atoms with Crippen molar-refractivity contribution >= 4 is 28.8 Å². The average molecular weight is 336 g/mol. The van der Waals surface area contributed by atoms with Crippen molar-refractivity contribution in [1.29, 1.82) is 0 Å². The van der Waals surface area contributed by atoms with Gasteiger partial charge in [-0.15, -0.1) is 0 Å². The van der Waals surface area contributed by atoms with E-state index in [9.17, 15) is 4.79 Å². The van der Waals surface area contributed by atoms with Crippen LogP contribution in [-0.4, -0.2) is 17.7 Å². The van der Waals surface area contributed by atoms with Crippen LogP contribution in [0.2, 0.25) is 0 Å². The van der Waals surface area contributed by atoms with E-state index in [0.29, 0.717) is 27.7 Å². The van der Waals surface area contributed by atoms with Crippen LogP contribution >= 0.6 is 12.2 Å². The van der Waals surface area contributed by atoms with Crippen LogP contribution in [-0.2, 0) is 0 Å². The second-order valence-electron chi connectivity index (χ2n) is 5.81. The van der Waals surface area contributed by atoms with Crippen LogP contribution in [0.4, 0.5) is 0 Å². The lowest BCUT2D eigenvalue weighted by molar-refractivity contribution is 0.103. The maximum atomic E-state index is 12.9. The fraction of sp³-hybridized carbons (Fsp3) is 0.111. The lowest BCUT2D eigenvalue weighted by Gasteiger charge is -2.28. The number of ketones is 1. The number of hydrogen-bond donors (Lipinski definition) is 2. The van der Waals surface area contributed by atoms with Gasteiger partial charge in [-0.1, -0.05) is 30.3 Å². The van der Waals surface area contributed by atoms with Gasteiger partial charge in [-0.25, -0.2) is 0 Å². The first-order valence-corrected chi connectivity index (χ1v) is 7.98. The summed E-state index contributed by atoms with van der Waals surface area (Å²) in [6.45, 7) is 0.217. The molecule has 118 valence electrons. The molecule has 2 heterocycles. The summed E-state index contributed by atoms with van der Waals surface area (Å²) in [5.74, 6) is 1.42. The summed E-state index contributed by atoms with van der Waals surface area (Å²) in [6, 6.07) is 12.9. The molecule has 3 aliphatic rings. The summed E-state index contributed by atoms with van der Waals surface area (Å²) >= 11 is 5.35. The summed E-state index contributed by atoms with van der Waals surface area (Å²) < 4.78 is 10.8. The molecule has 0 bridgehead atoms. The van der Waals surface area contributed by atoms with Crippen LogP contribution in [0.1, 0.15) is 27.5 Å². The van der Waals surface area contributed by atoms with E-state index in [4.69, 9.17) is 21.7 Å². The van der Waals surface area contributed by atoms with Crippen molar-refractivity contribution in [3.63, 3.8) is 0 Å². The molecule has 24 heavy (non-hydrogen) atoms. The molecule has 6 heteroatoms. The van der Waals surface area contributed by atoms with Gasteiger partial charge in [-0.05, 0) is 29.9 Å². The van der Waals surface area contributed by atoms with Gasteiger partial charge in [0.2, 0.25) is 6.79 Å². The number of fused-ring (bicyclic) bond motifs is 3. The number of hydrogen-bond acceptors (Lipinski definition) is 4. The van der Waals surface area contributed by atoms with Gasteiger partial charge in [0.1, 0.15) is 0 Å². The molecule has 0 saturated carbocycles. The summed E-state index contributed by atoms with van der Waals surface area (Å²) in [4.78, 5) is 12.9. The predicted molar refractivity (Wildman–Crippen MR) is 91.9 cm³/mol. The number of thiocarbonyl (C=S) groups is 1. The molecular weight excluding hydrogens is 324 g/mol. The van der Waals surface area contributed by atoms with E-state index in [1.54, 1.807) is 0 Å². The van der Waals surface area contributed by atoms with E-state index in [0.717, 1.165) is 16.8 Å². The summed E-state index contributed by atoms with van der Waals surface area (Å²) in [5.41, 5.74) is 3.99. The quantitative estimate of drug-likeness (QED) is 0.781. The number of carbonyl (C=O) groups excluding carboxylic acids is 1. The largest absolute Gasteiger partial charge is 0.454 e. The Morgan fingerprint density at radius 3 is 2.71 bits per heavy atom. The lowest BCUT2D eigenvalue weighted by Crippen LogP contribution is -2.43. The molecule has 1 aliphatic carbocycles. The highest BCUT2D eigenvalue weighted by Crippen LogP contribution is 2.42. The third-order valence-electron chi connectivity index (χ3n) is 4.49. The molecule has 2 N–H and O–H groups in total. The molecule has 0 saturated heterocycles. The molecule has 0 aromatic heterocycles. The zero-order valence-electron chi connectivity index (χ0n) is 12.5. The molecule has 0 unspecified atom stereocenters. The van der Waals surface area contributed by atoms with Gasteiger partial charge in [0.15, 0.2) is 22.4 Å². The first-order chi connectivity index (χ1) is 11.7. The molecule has 1 atom stereocenters. The fourth-order valence-electron chi connectivity index (χ4n) is 3.41. The maximum Gasteiger partial charge on any atom is 0.231 e. The van der Waals surface area contributed by atoms with Gasteiger partial charge >= 0.3 is 0 Å². The molecule has 2 aromatic rings. The van der Waals surface area contributed by atoms with Gasteiger partial charge in [0.05, 0.1) is 17.3 Å². The Labute approximate surface area is 143 Å². The Kier molecular flexibility index (Phi) is 2.72. The van der Waals surface area contributed by atoms with Crippen molar-refractivity contribution < 1.29 is 14.3 Å². The molecule has 2 aliphatic heterocycles. The SMILES string of the molecule is O=C1C2=C(NC(=S)N[C@H]2c2ccc3c(c2)OCO3)c2ccccc21. The lowest BCUT2D eigenvalue weighted by atomic mass is 9.94. The van der Waals surface area contributed by atoms with Gasteiger partial charge in [-0.2, -0.15) is 0 Å². The zero-order chi connectivity index (χ0) is 16.3. The monoisotopic (exact) mass is 336 g/mol. The number of ether oxygens (including phenoxy) is 2. The summed E-state index contributed by atoms with van der Waals surface area (Å²) in [6.07, 6.45) is 0. The van der Waals surface area contributed by atoms with Gasteiger partial charge < -0.3 is 20.1 Å². The van der Waals surface area contributed by atoms with Gasteiger partial charge in [-0.3, -0.25) is 4.79 Å². The second kappa shape index (κ2) is 4.82. The summed E-state index contributed by atoms with van der Waals surface area (Å²) in [7, 11) is 0. The Balaban J connectivity index is 1.66. The average Bonchev–Trinajstić information content (AvgIpc) is 3.17. The predicted octanol–water partition coefficient (Wildman–Crippen LogP) is 2.54. The normalized spacial score (nSPS) is 20.4. The van der Waals surface area contributed by atoms with Crippen LogP contribution in [0, 0.1) is 0 Å². The third kappa shape index (κ3) is 1.80.